The molecule has 0 aliphatic carbocycles. The summed E-state index contributed by atoms with van der Waals surface area (Å²) >= 11 is 1.19. The van der Waals surface area contributed by atoms with Crippen LogP contribution in [0.4, 0.5) is 0 Å². The van der Waals surface area contributed by atoms with Gasteiger partial charge in [0.25, 0.3) is 5.91 Å². The predicted molar refractivity (Wildman–Crippen MR) is 82.0 cm³/mol. The minimum absolute atomic E-state index is 0.234. The summed E-state index contributed by atoms with van der Waals surface area (Å²) in [6.07, 6.45) is 4.51. The topological polar surface area (TPSA) is 109 Å². The third kappa shape index (κ3) is 5.00. The van der Waals surface area contributed by atoms with Crippen LogP contribution < -0.4 is 5.32 Å². The van der Waals surface area contributed by atoms with Crippen molar-refractivity contribution in [2.75, 3.05) is 19.9 Å². The summed E-state index contributed by atoms with van der Waals surface area (Å²) in [5, 5.41) is 11.9. The lowest BCUT2D eigenvalue weighted by atomic mass is 10.0. The van der Waals surface area contributed by atoms with Gasteiger partial charge in [-0.15, -0.1) is 11.8 Å². The lowest BCUT2D eigenvalue weighted by Crippen LogP contribution is -2.36. The number of dihydropyridines is 1. The highest BCUT2D eigenvalue weighted by atomic mass is 32.2. The molecule has 1 aliphatic heterocycles. The number of esters is 1. The molecule has 22 heavy (non-hydrogen) atoms. The standard InChI is InChI=1S/C14H17N3O4S/c1-21-11(18)5-3-4-6-16-12(19)10-7-9(8-15)14(22-2)17-13(10)20/h7,10H,3-6H2,1-2H3,(H,16,19). The molecule has 0 aromatic carbocycles. The molecule has 1 N–H and O–H groups in total. The van der Waals surface area contributed by atoms with E-state index < -0.39 is 17.7 Å². The van der Waals surface area contributed by atoms with Crippen LogP contribution in [0.2, 0.25) is 0 Å². The maximum absolute atomic E-state index is 12.0. The highest BCUT2D eigenvalue weighted by Gasteiger charge is 2.29. The first kappa shape index (κ1) is 17.9. The second-order valence-electron chi connectivity index (χ2n) is 4.45. The molecule has 1 aliphatic rings. The summed E-state index contributed by atoms with van der Waals surface area (Å²) in [6.45, 7) is 0.342. The Labute approximate surface area is 132 Å². The van der Waals surface area contributed by atoms with E-state index in [9.17, 15) is 14.4 Å². The van der Waals surface area contributed by atoms with Crippen LogP contribution in [-0.2, 0) is 19.1 Å². The highest BCUT2D eigenvalue weighted by Crippen LogP contribution is 2.19. The van der Waals surface area contributed by atoms with Gasteiger partial charge in [-0.3, -0.25) is 14.4 Å². The number of rotatable bonds is 6. The van der Waals surface area contributed by atoms with E-state index in [1.165, 1.54) is 24.9 Å². The minimum Gasteiger partial charge on any atom is -0.469 e. The molecule has 0 aromatic heterocycles. The summed E-state index contributed by atoms with van der Waals surface area (Å²) in [7, 11) is 1.32. The zero-order chi connectivity index (χ0) is 16.5. The molecule has 0 fully saturated rings. The zero-order valence-corrected chi connectivity index (χ0v) is 13.2. The summed E-state index contributed by atoms with van der Waals surface area (Å²) in [6, 6.07) is 1.93. The molecule has 118 valence electrons. The first-order valence-electron chi connectivity index (χ1n) is 6.66. The fraction of sp³-hybridized carbons (Fsp3) is 0.500. The van der Waals surface area contributed by atoms with Gasteiger partial charge in [-0.25, -0.2) is 4.99 Å². The average molecular weight is 323 g/mol. The van der Waals surface area contributed by atoms with Gasteiger partial charge in [0.15, 0.2) is 0 Å². The van der Waals surface area contributed by atoms with Crippen molar-refractivity contribution in [2.24, 2.45) is 10.9 Å². The first-order valence-corrected chi connectivity index (χ1v) is 7.89. The molecule has 1 unspecified atom stereocenters. The van der Waals surface area contributed by atoms with Crippen molar-refractivity contribution in [1.29, 1.82) is 5.26 Å². The van der Waals surface area contributed by atoms with Gasteiger partial charge >= 0.3 is 5.97 Å². The summed E-state index contributed by atoms with van der Waals surface area (Å²) in [5.74, 6) is -2.42. The third-order valence-corrected chi connectivity index (χ3v) is 3.67. The zero-order valence-electron chi connectivity index (χ0n) is 12.4. The quantitative estimate of drug-likeness (QED) is 0.440. The van der Waals surface area contributed by atoms with E-state index in [-0.39, 0.29) is 18.0 Å². The fourth-order valence-electron chi connectivity index (χ4n) is 1.79. The summed E-state index contributed by atoms with van der Waals surface area (Å²) < 4.78 is 4.51. The Morgan fingerprint density at radius 3 is 2.82 bits per heavy atom. The Kier molecular flexibility index (Phi) is 7.32. The molecule has 1 rings (SSSR count). The SMILES string of the molecule is COC(=O)CCCCNC(=O)C1C=C(C#N)C(SC)=NC1=O. The van der Waals surface area contributed by atoms with Crippen LogP contribution in [0.5, 0.6) is 0 Å². The van der Waals surface area contributed by atoms with Gasteiger partial charge in [-0.2, -0.15) is 5.26 Å². The summed E-state index contributed by atoms with van der Waals surface area (Å²) in [4.78, 5) is 38.5. The number of thioether (sulfide) groups is 1. The first-order chi connectivity index (χ1) is 10.5. The van der Waals surface area contributed by atoms with Gasteiger partial charge in [0, 0.05) is 13.0 Å². The molecule has 0 spiro atoms. The number of amides is 2. The van der Waals surface area contributed by atoms with Gasteiger partial charge in [-0.1, -0.05) is 0 Å². The molecule has 0 saturated carbocycles. The normalized spacial score (nSPS) is 17.1. The number of carbonyl (C=O) groups is 3. The van der Waals surface area contributed by atoms with Crippen LogP contribution in [-0.4, -0.2) is 42.7 Å². The molecule has 2 amide bonds. The lowest BCUT2D eigenvalue weighted by molar-refractivity contribution is -0.140. The Hall–Kier alpha value is -2.14. The monoisotopic (exact) mass is 323 g/mol. The Morgan fingerprint density at radius 2 is 2.23 bits per heavy atom. The van der Waals surface area contributed by atoms with E-state index in [0.29, 0.717) is 24.4 Å². The van der Waals surface area contributed by atoms with Gasteiger partial charge in [0.2, 0.25) is 5.91 Å². The van der Waals surface area contributed by atoms with Crippen molar-refractivity contribution in [3.63, 3.8) is 0 Å². The van der Waals surface area contributed by atoms with Gasteiger partial charge in [0.1, 0.15) is 17.0 Å². The molecular formula is C14H17N3O4S. The number of hydrogen-bond acceptors (Lipinski definition) is 6. The van der Waals surface area contributed by atoms with Gasteiger partial charge < -0.3 is 10.1 Å². The van der Waals surface area contributed by atoms with Crippen LogP contribution in [0.3, 0.4) is 0 Å². The van der Waals surface area contributed by atoms with Crippen LogP contribution in [0.1, 0.15) is 19.3 Å². The number of hydrogen-bond donors (Lipinski definition) is 1. The molecule has 0 bridgehead atoms. The summed E-state index contributed by atoms with van der Waals surface area (Å²) in [5.41, 5.74) is 0.234. The maximum atomic E-state index is 12.0. The van der Waals surface area contributed by atoms with E-state index in [0.717, 1.165) is 0 Å². The van der Waals surface area contributed by atoms with Crippen molar-refractivity contribution in [1.82, 2.24) is 5.32 Å². The molecule has 7 nitrogen and oxygen atoms in total. The second-order valence-corrected chi connectivity index (χ2v) is 5.25. The number of nitriles is 1. The largest absolute Gasteiger partial charge is 0.469 e. The van der Waals surface area contributed by atoms with E-state index in [1.54, 1.807) is 6.26 Å². The number of nitrogens with one attached hydrogen (secondary N) is 1. The number of methoxy groups -OCH3 is 1. The van der Waals surface area contributed by atoms with E-state index in [4.69, 9.17) is 5.26 Å². The van der Waals surface area contributed by atoms with Gasteiger partial charge in [-0.05, 0) is 25.2 Å². The molecule has 1 heterocycles. The van der Waals surface area contributed by atoms with Crippen LogP contribution in [0, 0.1) is 17.2 Å². The maximum Gasteiger partial charge on any atom is 0.305 e. The predicted octanol–water partition coefficient (Wildman–Crippen LogP) is 0.814. The lowest BCUT2D eigenvalue weighted by Gasteiger charge is -2.15. The smallest absolute Gasteiger partial charge is 0.305 e. The van der Waals surface area contributed by atoms with Crippen molar-refractivity contribution >= 4 is 34.6 Å². The van der Waals surface area contributed by atoms with E-state index in [1.807, 2.05) is 6.07 Å². The number of nitrogens with zero attached hydrogens (tertiary/aromatic N) is 2. The van der Waals surface area contributed by atoms with Crippen molar-refractivity contribution in [2.45, 2.75) is 19.3 Å². The fourth-order valence-corrected chi connectivity index (χ4v) is 2.30. The third-order valence-electron chi connectivity index (χ3n) is 2.97. The molecule has 0 radical (unpaired) electrons. The second kappa shape index (κ2) is 9.00. The molecule has 8 heteroatoms. The molecule has 0 saturated heterocycles. The molecular weight excluding hydrogens is 306 g/mol. The van der Waals surface area contributed by atoms with E-state index in [2.05, 4.69) is 15.0 Å². The van der Waals surface area contributed by atoms with Crippen LogP contribution in [0.15, 0.2) is 16.6 Å². The van der Waals surface area contributed by atoms with Crippen molar-refractivity contribution in [3.8, 4) is 6.07 Å². The highest BCUT2D eigenvalue weighted by molar-refractivity contribution is 8.13. The average Bonchev–Trinajstić information content (AvgIpc) is 2.53. The van der Waals surface area contributed by atoms with Crippen LogP contribution in [0.25, 0.3) is 0 Å². The minimum atomic E-state index is -1.06. The number of ether oxygens (including phenoxy) is 1. The number of aliphatic imine (C=N–C) groups is 1. The Bertz CT molecular complexity index is 563. The van der Waals surface area contributed by atoms with Crippen LogP contribution >= 0.6 is 11.8 Å². The van der Waals surface area contributed by atoms with E-state index >= 15 is 0 Å². The molecule has 0 aromatic rings. The molecule has 1 atom stereocenters. The number of carbonyl (C=O) groups excluding carboxylic acids is 3. The van der Waals surface area contributed by atoms with Gasteiger partial charge in [0.05, 0.1) is 12.7 Å². The Balaban J connectivity index is 2.48. The number of unbranched alkanes of at least 4 members (excludes halogenated alkanes) is 1. The Morgan fingerprint density at radius 1 is 1.50 bits per heavy atom. The van der Waals surface area contributed by atoms with Crippen molar-refractivity contribution in [3.05, 3.63) is 11.6 Å². The van der Waals surface area contributed by atoms with Crippen molar-refractivity contribution < 1.29 is 19.1 Å².